The molecule has 19 heavy (non-hydrogen) atoms. The van der Waals surface area contributed by atoms with Gasteiger partial charge in [0.2, 0.25) is 0 Å². The van der Waals surface area contributed by atoms with Crippen molar-refractivity contribution < 1.29 is 4.79 Å². The van der Waals surface area contributed by atoms with E-state index in [0.717, 1.165) is 29.5 Å². The summed E-state index contributed by atoms with van der Waals surface area (Å²) in [7, 11) is 0. The number of allylic oxidation sites excluding steroid dienone is 2. The van der Waals surface area contributed by atoms with Gasteiger partial charge in [0.25, 0.3) is 5.91 Å². The molecule has 0 aliphatic rings. The third-order valence-corrected chi connectivity index (χ3v) is 4.37. The smallest absolute Gasteiger partial charge is 0.263 e. The number of thiazole rings is 1. The van der Waals surface area contributed by atoms with Crippen LogP contribution in [0, 0.1) is 5.92 Å². The fourth-order valence-electron chi connectivity index (χ4n) is 1.43. The van der Waals surface area contributed by atoms with Crippen molar-refractivity contribution >= 4 is 29.0 Å². The van der Waals surface area contributed by atoms with Gasteiger partial charge >= 0.3 is 0 Å². The van der Waals surface area contributed by atoms with Gasteiger partial charge in [-0.1, -0.05) is 44.7 Å². The van der Waals surface area contributed by atoms with E-state index in [9.17, 15) is 4.79 Å². The summed E-state index contributed by atoms with van der Waals surface area (Å²) in [6.07, 6.45) is 8.03. The maximum atomic E-state index is 11.8. The summed E-state index contributed by atoms with van der Waals surface area (Å²) < 4.78 is 0.965. The molecule has 0 saturated heterocycles. The topological polar surface area (TPSA) is 42.0 Å². The summed E-state index contributed by atoms with van der Waals surface area (Å²) in [5, 5.41) is 2.93. The highest BCUT2D eigenvalue weighted by molar-refractivity contribution is 8.01. The predicted octanol–water partition coefficient (Wildman–Crippen LogP) is 3.98. The first kappa shape index (κ1) is 16.2. The van der Waals surface area contributed by atoms with Gasteiger partial charge in [0.15, 0.2) is 4.34 Å². The lowest BCUT2D eigenvalue weighted by Crippen LogP contribution is -2.23. The molecule has 3 nitrogen and oxygen atoms in total. The summed E-state index contributed by atoms with van der Waals surface area (Å²) in [6.45, 7) is 7.12. The lowest BCUT2D eigenvalue weighted by atomic mass is 10.2. The summed E-state index contributed by atoms with van der Waals surface area (Å²) >= 11 is 3.13. The van der Waals surface area contributed by atoms with E-state index in [1.54, 1.807) is 18.0 Å². The van der Waals surface area contributed by atoms with E-state index in [0.29, 0.717) is 10.8 Å². The van der Waals surface area contributed by atoms with Crippen LogP contribution in [0.2, 0.25) is 0 Å². The molecule has 0 atom stereocenters. The number of aromatic nitrogens is 1. The lowest BCUT2D eigenvalue weighted by molar-refractivity contribution is 0.0957. The van der Waals surface area contributed by atoms with Crippen LogP contribution in [0.25, 0.3) is 0 Å². The molecule has 0 saturated carbocycles. The Kier molecular flexibility index (Phi) is 7.82. The second kappa shape index (κ2) is 9.15. The van der Waals surface area contributed by atoms with Gasteiger partial charge in [-0.15, -0.1) is 11.3 Å². The molecule has 1 amide bonds. The van der Waals surface area contributed by atoms with Crippen molar-refractivity contribution in [3.8, 4) is 0 Å². The minimum atomic E-state index is -0.00621. The van der Waals surface area contributed by atoms with Crippen LogP contribution in [0.1, 0.15) is 43.3 Å². The van der Waals surface area contributed by atoms with Crippen LogP contribution in [-0.4, -0.2) is 23.2 Å². The van der Waals surface area contributed by atoms with E-state index in [1.807, 2.05) is 0 Å². The van der Waals surface area contributed by atoms with Crippen molar-refractivity contribution in [3.63, 3.8) is 0 Å². The van der Waals surface area contributed by atoms with Gasteiger partial charge in [0.05, 0.1) is 6.20 Å². The summed E-state index contributed by atoms with van der Waals surface area (Å²) in [4.78, 5) is 16.8. The molecular weight excluding hydrogens is 276 g/mol. The van der Waals surface area contributed by atoms with Crippen molar-refractivity contribution in [2.24, 2.45) is 5.92 Å². The van der Waals surface area contributed by atoms with E-state index in [-0.39, 0.29) is 5.91 Å². The number of amides is 1. The number of nitrogens with one attached hydrogen (secondary N) is 1. The molecule has 1 aromatic rings. The minimum absolute atomic E-state index is 0.00621. The molecule has 1 aromatic heterocycles. The molecule has 0 bridgehead atoms. The lowest BCUT2D eigenvalue weighted by Gasteiger charge is -2.01. The maximum absolute atomic E-state index is 11.8. The highest BCUT2D eigenvalue weighted by Gasteiger charge is 2.09. The Labute approximate surface area is 123 Å². The quantitative estimate of drug-likeness (QED) is 0.448. The van der Waals surface area contributed by atoms with Gasteiger partial charge in [-0.3, -0.25) is 4.79 Å². The van der Waals surface area contributed by atoms with Crippen LogP contribution in [0.5, 0.6) is 0 Å². The van der Waals surface area contributed by atoms with Crippen LogP contribution in [0.3, 0.4) is 0 Å². The molecule has 1 N–H and O–H groups in total. The fraction of sp³-hybridized carbons (Fsp3) is 0.571. The summed E-state index contributed by atoms with van der Waals surface area (Å²) in [5.74, 6) is 1.58. The molecule has 0 aromatic carbocycles. The van der Waals surface area contributed by atoms with Crippen LogP contribution >= 0.6 is 23.1 Å². The molecule has 0 aliphatic heterocycles. The van der Waals surface area contributed by atoms with Gasteiger partial charge in [-0.25, -0.2) is 4.98 Å². The zero-order valence-electron chi connectivity index (χ0n) is 11.8. The van der Waals surface area contributed by atoms with Crippen LogP contribution in [-0.2, 0) is 0 Å². The molecule has 1 rings (SSSR count). The first-order chi connectivity index (χ1) is 9.13. The Balaban J connectivity index is 2.23. The van der Waals surface area contributed by atoms with Crippen molar-refractivity contribution in [2.75, 3.05) is 12.3 Å². The van der Waals surface area contributed by atoms with E-state index in [2.05, 4.69) is 43.2 Å². The highest BCUT2D eigenvalue weighted by atomic mass is 32.2. The molecule has 0 radical (unpaired) electrons. The zero-order chi connectivity index (χ0) is 14.1. The number of carbonyl (C=O) groups excluding carboxylic acids is 1. The van der Waals surface area contributed by atoms with Crippen molar-refractivity contribution in [1.82, 2.24) is 10.3 Å². The average molecular weight is 298 g/mol. The van der Waals surface area contributed by atoms with E-state index in [1.165, 1.54) is 11.3 Å². The fourth-order valence-corrected chi connectivity index (χ4v) is 3.23. The Morgan fingerprint density at radius 3 is 3.05 bits per heavy atom. The number of unbranched alkanes of at least 4 members (excludes halogenated alkanes) is 1. The maximum Gasteiger partial charge on any atom is 0.263 e. The highest BCUT2D eigenvalue weighted by Crippen LogP contribution is 2.23. The van der Waals surface area contributed by atoms with Crippen LogP contribution in [0.4, 0.5) is 0 Å². The second-order valence-corrected chi connectivity index (χ2v) is 7.04. The molecular formula is C14H22N2OS2. The number of hydrogen-bond donors (Lipinski definition) is 1. The first-order valence-corrected chi connectivity index (χ1v) is 8.47. The number of rotatable bonds is 8. The number of carbonyl (C=O) groups is 1. The summed E-state index contributed by atoms with van der Waals surface area (Å²) in [5.41, 5.74) is 0. The Bertz CT molecular complexity index is 413. The molecule has 0 spiro atoms. The van der Waals surface area contributed by atoms with E-state index in [4.69, 9.17) is 0 Å². The predicted molar refractivity (Wildman–Crippen MR) is 84.1 cm³/mol. The minimum Gasteiger partial charge on any atom is -0.351 e. The number of nitrogens with zero attached hydrogens (tertiary/aromatic N) is 1. The second-order valence-electron chi connectivity index (χ2n) is 4.49. The van der Waals surface area contributed by atoms with Crippen molar-refractivity contribution in [3.05, 3.63) is 23.2 Å². The van der Waals surface area contributed by atoms with Crippen LogP contribution < -0.4 is 5.32 Å². The molecule has 1 heterocycles. The SMILES string of the molecule is CCSc1ncc(C(=O)NCCC/C=C\C(C)C)s1. The normalized spacial score (nSPS) is 11.4. The average Bonchev–Trinajstić information content (AvgIpc) is 2.82. The molecule has 0 unspecified atom stereocenters. The standard InChI is InChI=1S/C14H22N2OS2/c1-4-18-14-16-10-12(19-14)13(17)15-9-7-5-6-8-11(2)3/h6,8,10-11H,4-5,7,9H2,1-3H3,(H,15,17)/b8-6-. The van der Waals surface area contributed by atoms with E-state index < -0.39 is 0 Å². The van der Waals surface area contributed by atoms with Gasteiger partial charge in [-0.05, 0) is 24.5 Å². The van der Waals surface area contributed by atoms with Gasteiger partial charge < -0.3 is 5.32 Å². The monoisotopic (exact) mass is 298 g/mol. The summed E-state index contributed by atoms with van der Waals surface area (Å²) in [6, 6.07) is 0. The van der Waals surface area contributed by atoms with Gasteiger partial charge in [0.1, 0.15) is 4.88 Å². The Morgan fingerprint density at radius 2 is 2.37 bits per heavy atom. The molecule has 0 aliphatic carbocycles. The van der Waals surface area contributed by atoms with Crippen molar-refractivity contribution in [2.45, 2.75) is 38.0 Å². The third-order valence-electron chi connectivity index (χ3n) is 2.33. The molecule has 106 valence electrons. The Hall–Kier alpha value is -0.810. The number of thioether (sulfide) groups is 1. The first-order valence-electron chi connectivity index (χ1n) is 6.67. The third kappa shape index (κ3) is 6.78. The van der Waals surface area contributed by atoms with E-state index >= 15 is 0 Å². The number of hydrogen-bond acceptors (Lipinski definition) is 4. The Morgan fingerprint density at radius 1 is 1.58 bits per heavy atom. The van der Waals surface area contributed by atoms with Gasteiger partial charge in [0, 0.05) is 6.54 Å². The zero-order valence-corrected chi connectivity index (χ0v) is 13.4. The molecule has 0 fully saturated rings. The largest absolute Gasteiger partial charge is 0.351 e. The van der Waals surface area contributed by atoms with Gasteiger partial charge in [-0.2, -0.15) is 0 Å². The molecule has 5 heteroatoms. The van der Waals surface area contributed by atoms with Crippen molar-refractivity contribution in [1.29, 1.82) is 0 Å². The van der Waals surface area contributed by atoms with Crippen LogP contribution in [0.15, 0.2) is 22.7 Å².